The van der Waals surface area contributed by atoms with E-state index < -0.39 is 0 Å². The number of nitrogens with one attached hydrogen (secondary N) is 2. The predicted molar refractivity (Wildman–Crippen MR) is 87.5 cm³/mol. The van der Waals surface area contributed by atoms with Crippen LogP contribution in [0.3, 0.4) is 0 Å². The van der Waals surface area contributed by atoms with Gasteiger partial charge < -0.3 is 10.6 Å². The SMILES string of the molecule is CCCCN1CCn2nc(CNC(=O)N[C@H](C)CC)cc2C1. The summed E-state index contributed by atoms with van der Waals surface area (Å²) >= 11 is 0. The van der Waals surface area contributed by atoms with Crippen LogP contribution in [0.2, 0.25) is 0 Å². The van der Waals surface area contributed by atoms with Gasteiger partial charge in [0.25, 0.3) is 0 Å². The maximum atomic E-state index is 11.7. The molecule has 0 saturated heterocycles. The van der Waals surface area contributed by atoms with Crippen LogP contribution in [0.1, 0.15) is 51.4 Å². The Morgan fingerprint density at radius 3 is 2.95 bits per heavy atom. The second kappa shape index (κ2) is 8.17. The van der Waals surface area contributed by atoms with E-state index in [4.69, 9.17) is 0 Å². The number of nitrogens with zero attached hydrogens (tertiary/aromatic N) is 3. The van der Waals surface area contributed by atoms with Gasteiger partial charge in [-0.2, -0.15) is 5.10 Å². The first kappa shape index (κ1) is 16.8. The zero-order valence-corrected chi connectivity index (χ0v) is 14.1. The summed E-state index contributed by atoms with van der Waals surface area (Å²) in [4.78, 5) is 14.2. The Labute approximate surface area is 133 Å². The molecule has 124 valence electrons. The lowest BCUT2D eigenvalue weighted by atomic mass is 10.2. The van der Waals surface area contributed by atoms with Gasteiger partial charge in [-0.05, 0) is 32.4 Å². The number of rotatable bonds is 7. The number of carbonyl (C=O) groups is 1. The fourth-order valence-corrected chi connectivity index (χ4v) is 2.59. The Morgan fingerprint density at radius 1 is 1.41 bits per heavy atom. The molecule has 0 saturated carbocycles. The van der Waals surface area contributed by atoms with Gasteiger partial charge in [-0.1, -0.05) is 20.3 Å². The highest BCUT2D eigenvalue weighted by molar-refractivity contribution is 5.74. The summed E-state index contributed by atoms with van der Waals surface area (Å²) in [7, 11) is 0. The van der Waals surface area contributed by atoms with Crippen LogP contribution < -0.4 is 10.6 Å². The van der Waals surface area contributed by atoms with Gasteiger partial charge in [-0.25, -0.2) is 4.79 Å². The quantitative estimate of drug-likeness (QED) is 0.811. The second-order valence-electron chi connectivity index (χ2n) is 6.12. The number of aromatic nitrogens is 2. The molecule has 1 aliphatic rings. The van der Waals surface area contributed by atoms with E-state index in [-0.39, 0.29) is 12.1 Å². The molecule has 0 unspecified atom stereocenters. The van der Waals surface area contributed by atoms with Crippen molar-refractivity contribution in [3.63, 3.8) is 0 Å². The molecule has 2 rings (SSSR count). The Balaban J connectivity index is 1.82. The van der Waals surface area contributed by atoms with Crippen molar-refractivity contribution in [1.82, 2.24) is 25.3 Å². The van der Waals surface area contributed by atoms with Crippen LogP contribution in [0.15, 0.2) is 6.07 Å². The van der Waals surface area contributed by atoms with Crippen molar-refractivity contribution in [1.29, 1.82) is 0 Å². The van der Waals surface area contributed by atoms with Crippen molar-refractivity contribution in [3.05, 3.63) is 17.5 Å². The van der Waals surface area contributed by atoms with Crippen LogP contribution >= 0.6 is 0 Å². The van der Waals surface area contributed by atoms with E-state index in [1.807, 2.05) is 6.92 Å². The summed E-state index contributed by atoms with van der Waals surface area (Å²) in [5, 5.41) is 10.4. The summed E-state index contributed by atoms with van der Waals surface area (Å²) in [5.41, 5.74) is 2.19. The first-order valence-corrected chi connectivity index (χ1v) is 8.44. The molecular formula is C16H29N5O. The minimum absolute atomic E-state index is 0.120. The van der Waals surface area contributed by atoms with Crippen LogP contribution in [-0.4, -0.2) is 39.8 Å². The summed E-state index contributed by atoms with van der Waals surface area (Å²) in [6.45, 7) is 10.9. The molecule has 1 aliphatic heterocycles. The van der Waals surface area contributed by atoms with Crippen molar-refractivity contribution in [2.24, 2.45) is 0 Å². The van der Waals surface area contributed by atoms with E-state index in [0.29, 0.717) is 6.54 Å². The van der Waals surface area contributed by atoms with Crippen molar-refractivity contribution in [2.75, 3.05) is 13.1 Å². The number of amides is 2. The summed E-state index contributed by atoms with van der Waals surface area (Å²) in [6.07, 6.45) is 3.41. The molecule has 2 N–H and O–H groups in total. The monoisotopic (exact) mass is 307 g/mol. The number of carbonyl (C=O) groups excluding carboxylic acids is 1. The Kier molecular flexibility index (Phi) is 6.24. The summed E-state index contributed by atoms with van der Waals surface area (Å²) < 4.78 is 2.08. The summed E-state index contributed by atoms with van der Waals surface area (Å²) in [6, 6.07) is 2.19. The maximum Gasteiger partial charge on any atom is 0.315 e. The largest absolute Gasteiger partial charge is 0.336 e. The Bertz CT molecular complexity index is 485. The van der Waals surface area contributed by atoms with Crippen LogP contribution in [0, 0.1) is 0 Å². The highest BCUT2D eigenvalue weighted by atomic mass is 16.2. The van der Waals surface area contributed by atoms with Crippen LogP contribution in [-0.2, 0) is 19.6 Å². The van der Waals surface area contributed by atoms with E-state index >= 15 is 0 Å². The van der Waals surface area contributed by atoms with Gasteiger partial charge in [0.15, 0.2) is 0 Å². The molecular weight excluding hydrogens is 278 g/mol. The number of unbranched alkanes of at least 4 members (excludes halogenated alkanes) is 1. The highest BCUT2D eigenvalue weighted by Gasteiger charge is 2.18. The van der Waals surface area contributed by atoms with Gasteiger partial charge in [-0.3, -0.25) is 9.58 Å². The van der Waals surface area contributed by atoms with E-state index in [1.54, 1.807) is 0 Å². The van der Waals surface area contributed by atoms with Crippen LogP contribution in [0.4, 0.5) is 4.79 Å². The average molecular weight is 307 g/mol. The molecule has 0 fully saturated rings. The minimum atomic E-state index is -0.120. The van der Waals surface area contributed by atoms with Crippen molar-refractivity contribution in [3.8, 4) is 0 Å². The molecule has 2 heterocycles. The topological polar surface area (TPSA) is 62.2 Å². The van der Waals surface area contributed by atoms with Gasteiger partial charge in [0, 0.05) is 19.1 Å². The van der Waals surface area contributed by atoms with E-state index in [9.17, 15) is 4.79 Å². The van der Waals surface area contributed by atoms with Gasteiger partial charge in [-0.15, -0.1) is 0 Å². The van der Waals surface area contributed by atoms with Crippen molar-refractivity contribution < 1.29 is 4.79 Å². The molecule has 1 atom stereocenters. The van der Waals surface area contributed by atoms with Crippen LogP contribution in [0.25, 0.3) is 0 Å². The molecule has 0 aromatic carbocycles. The van der Waals surface area contributed by atoms with E-state index in [1.165, 1.54) is 18.5 Å². The molecule has 2 amide bonds. The zero-order chi connectivity index (χ0) is 15.9. The molecule has 1 aromatic rings. The summed E-state index contributed by atoms with van der Waals surface area (Å²) in [5.74, 6) is 0. The smallest absolute Gasteiger partial charge is 0.315 e. The molecule has 22 heavy (non-hydrogen) atoms. The third kappa shape index (κ3) is 4.73. The Morgan fingerprint density at radius 2 is 2.23 bits per heavy atom. The molecule has 0 bridgehead atoms. The molecule has 0 aliphatic carbocycles. The first-order chi connectivity index (χ1) is 10.6. The van der Waals surface area contributed by atoms with Crippen molar-refractivity contribution >= 4 is 6.03 Å². The number of urea groups is 1. The molecule has 1 aromatic heterocycles. The third-order valence-electron chi connectivity index (χ3n) is 4.18. The molecule has 6 heteroatoms. The fourth-order valence-electron chi connectivity index (χ4n) is 2.59. The third-order valence-corrected chi connectivity index (χ3v) is 4.18. The minimum Gasteiger partial charge on any atom is -0.336 e. The van der Waals surface area contributed by atoms with E-state index in [2.05, 4.69) is 45.2 Å². The highest BCUT2D eigenvalue weighted by Crippen LogP contribution is 2.14. The first-order valence-electron chi connectivity index (χ1n) is 8.44. The fraction of sp³-hybridized carbons (Fsp3) is 0.750. The van der Waals surface area contributed by atoms with Gasteiger partial charge in [0.05, 0.1) is 24.5 Å². The second-order valence-corrected chi connectivity index (χ2v) is 6.12. The van der Waals surface area contributed by atoms with Crippen molar-refractivity contribution in [2.45, 2.75) is 65.7 Å². The van der Waals surface area contributed by atoms with Crippen LogP contribution in [0.5, 0.6) is 0 Å². The predicted octanol–water partition coefficient (Wildman–Crippen LogP) is 2.10. The lowest BCUT2D eigenvalue weighted by molar-refractivity contribution is 0.210. The standard InChI is InChI=1S/C16H29N5O/c1-4-6-7-20-8-9-21-15(12-20)10-14(19-21)11-17-16(22)18-13(3)5-2/h10,13H,4-9,11-12H2,1-3H3,(H2,17,18,22)/t13-/m1/s1. The van der Waals surface area contributed by atoms with Gasteiger partial charge >= 0.3 is 6.03 Å². The zero-order valence-electron chi connectivity index (χ0n) is 14.1. The van der Waals surface area contributed by atoms with E-state index in [0.717, 1.165) is 38.3 Å². The number of hydrogen-bond acceptors (Lipinski definition) is 3. The average Bonchev–Trinajstić information content (AvgIpc) is 2.92. The van der Waals surface area contributed by atoms with Gasteiger partial charge in [0.2, 0.25) is 0 Å². The molecule has 6 nitrogen and oxygen atoms in total. The number of fused-ring (bicyclic) bond motifs is 1. The maximum absolute atomic E-state index is 11.7. The molecule has 0 spiro atoms. The lowest BCUT2D eigenvalue weighted by Gasteiger charge is -2.27. The molecule has 0 radical (unpaired) electrons. The normalized spacial score (nSPS) is 16.1. The van der Waals surface area contributed by atoms with Gasteiger partial charge in [0.1, 0.15) is 0 Å². The number of hydrogen-bond donors (Lipinski definition) is 2. The lowest BCUT2D eigenvalue weighted by Crippen LogP contribution is -2.40. The Hall–Kier alpha value is -1.56.